The Balaban J connectivity index is 2.95. The molecule has 1 saturated carbocycles. The van der Waals surface area contributed by atoms with E-state index in [1.807, 2.05) is 6.08 Å². The quantitative estimate of drug-likeness (QED) is 0.716. The molecule has 0 aromatic carbocycles. The van der Waals surface area contributed by atoms with E-state index in [9.17, 15) is 5.11 Å². The Morgan fingerprint density at radius 1 is 1.38 bits per heavy atom. The molecule has 0 aromatic rings. The lowest BCUT2D eigenvalue weighted by Gasteiger charge is -2.44. The van der Waals surface area contributed by atoms with Crippen molar-refractivity contribution in [3.05, 3.63) is 37.0 Å². The molecule has 90 valence electrons. The highest BCUT2D eigenvalue weighted by molar-refractivity contribution is 5.16. The summed E-state index contributed by atoms with van der Waals surface area (Å²) in [5, 5.41) is 9.65. The first-order valence-electron chi connectivity index (χ1n) is 6.02. The number of hydrogen-bond acceptors (Lipinski definition) is 1. The van der Waals surface area contributed by atoms with E-state index in [2.05, 4.69) is 33.6 Å². The summed E-state index contributed by atoms with van der Waals surface area (Å²) in [6, 6.07) is 0. The maximum absolute atomic E-state index is 9.65. The standard InChI is InChI=1S/C15H24O/c1-6-15(10-16)8-7-13(11(2)3)9-14(15)12(4)5/h6,13-14,16H,1-2,4,7-10H2,3,5H3/t13-,14+,15-/m1/s1. The molecular weight excluding hydrogens is 196 g/mol. The summed E-state index contributed by atoms with van der Waals surface area (Å²) in [4.78, 5) is 0. The van der Waals surface area contributed by atoms with Gasteiger partial charge in [-0.2, -0.15) is 0 Å². The van der Waals surface area contributed by atoms with Crippen LogP contribution in [0.3, 0.4) is 0 Å². The zero-order valence-corrected chi connectivity index (χ0v) is 10.6. The molecule has 1 rings (SSSR count). The van der Waals surface area contributed by atoms with Crippen molar-refractivity contribution in [1.29, 1.82) is 0 Å². The minimum absolute atomic E-state index is 0.155. The van der Waals surface area contributed by atoms with Crippen LogP contribution in [-0.4, -0.2) is 11.7 Å². The van der Waals surface area contributed by atoms with Gasteiger partial charge in [-0.1, -0.05) is 30.4 Å². The molecule has 0 amide bonds. The van der Waals surface area contributed by atoms with Crippen molar-refractivity contribution < 1.29 is 5.11 Å². The average Bonchev–Trinajstić information content (AvgIpc) is 2.27. The van der Waals surface area contributed by atoms with Crippen LogP contribution in [0.4, 0.5) is 0 Å². The molecule has 1 N–H and O–H groups in total. The number of hydrogen-bond donors (Lipinski definition) is 1. The fourth-order valence-electron chi connectivity index (χ4n) is 2.89. The summed E-state index contributed by atoms with van der Waals surface area (Å²) >= 11 is 0. The van der Waals surface area contributed by atoms with Crippen LogP contribution in [0.2, 0.25) is 0 Å². The molecule has 1 heteroatoms. The Hall–Kier alpha value is -0.820. The van der Waals surface area contributed by atoms with E-state index in [1.54, 1.807) is 0 Å². The minimum atomic E-state index is -0.155. The fraction of sp³-hybridized carbons (Fsp3) is 0.600. The lowest BCUT2D eigenvalue weighted by molar-refractivity contribution is 0.0700. The van der Waals surface area contributed by atoms with E-state index in [-0.39, 0.29) is 12.0 Å². The van der Waals surface area contributed by atoms with Crippen LogP contribution < -0.4 is 0 Å². The first-order chi connectivity index (χ1) is 7.46. The summed E-state index contributed by atoms with van der Waals surface area (Å²) < 4.78 is 0. The third kappa shape index (κ3) is 2.30. The van der Waals surface area contributed by atoms with Gasteiger partial charge in [-0.3, -0.25) is 0 Å². The van der Waals surface area contributed by atoms with Crippen LogP contribution in [0.25, 0.3) is 0 Å². The molecule has 0 aromatic heterocycles. The second-order valence-corrected chi connectivity index (χ2v) is 5.31. The molecular formula is C15H24O. The number of allylic oxidation sites excluding steroid dienone is 2. The van der Waals surface area contributed by atoms with E-state index in [4.69, 9.17) is 0 Å². The molecule has 16 heavy (non-hydrogen) atoms. The van der Waals surface area contributed by atoms with Gasteiger partial charge in [-0.05, 0) is 44.9 Å². The van der Waals surface area contributed by atoms with Gasteiger partial charge in [0.2, 0.25) is 0 Å². The lowest BCUT2D eigenvalue weighted by Crippen LogP contribution is -2.38. The highest BCUT2D eigenvalue weighted by Gasteiger charge is 2.41. The smallest absolute Gasteiger partial charge is 0.0527 e. The molecule has 0 unspecified atom stereocenters. The van der Waals surface area contributed by atoms with E-state index >= 15 is 0 Å². The minimum Gasteiger partial charge on any atom is -0.395 e. The van der Waals surface area contributed by atoms with Crippen molar-refractivity contribution >= 4 is 0 Å². The Morgan fingerprint density at radius 3 is 2.38 bits per heavy atom. The number of aliphatic hydroxyl groups is 1. The maximum Gasteiger partial charge on any atom is 0.0527 e. The van der Waals surface area contributed by atoms with Gasteiger partial charge >= 0.3 is 0 Å². The van der Waals surface area contributed by atoms with Crippen LogP contribution in [0, 0.1) is 17.3 Å². The molecule has 0 saturated heterocycles. The second kappa shape index (κ2) is 5.01. The van der Waals surface area contributed by atoms with Crippen molar-refractivity contribution in [1.82, 2.24) is 0 Å². The van der Waals surface area contributed by atoms with Crippen molar-refractivity contribution in [3.63, 3.8) is 0 Å². The van der Waals surface area contributed by atoms with E-state index < -0.39 is 0 Å². The monoisotopic (exact) mass is 220 g/mol. The summed E-state index contributed by atoms with van der Waals surface area (Å²) in [7, 11) is 0. The van der Waals surface area contributed by atoms with Crippen molar-refractivity contribution in [2.45, 2.75) is 33.1 Å². The zero-order valence-electron chi connectivity index (χ0n) is 10.6. The molecule has 1 nitrogen and oxygen atoms in total. The Kier molecular flexibility index (Phi) is 4.15. The summed E-state index contributed by atoms with van der Waals surface area (Å²) in [5.41, 5.74) is 2.25. The van der Waals surface area contributed by atoms with Gasteiger partial charge in [0, 0.05) is 5.41 Å². The highest BCUT2D eigenvalue weighted by atomic mass is 16.3. The number of rotatable bonds is 4. The SMILES string of the molecule is C=C[C@]1(CO)CC[C@@H](C(=C)C)C[C@H]1C(=C)C. The predicted octanol–water partition coefficient (Wildman–Crippen LogP) is 3.72. The van der Waals surface area contributed by atoms with Crippen LogP contribution in [0.15, 0.2) is 37.0 Å². The van der Waals surface area contributed by atoms with E-state index in [0.29, 0.717) is 11.8 Å². The van der Waals surface area contributed by atoms with Gasteiger partial charge in [-0.25, -0.2) is 0 Å². The van der Waals surface area contributed by atoms with Crippen molar-refractivity contribution in [3.8, 4) is 0 Å². The largest absolute Gasteiger partial charge is 0.395 e. The first-order valence-corrected chi connectivity index (χ1v) is 6.02. The van der Waals surface area contributed by atoms with Gasteiger partial charge in [0.1, 0.15) is 0 Å². The molecule has 0 heterocycles. The Morgan fingerprint density at radius 2 is 2.00 bits per heavy atom. The molecule has 0 aliphatic heterocycles. The fourth-order valence-corrected chi connectivity index (χ4v) is 2.89. The molecule has 1 fully saturated rings. The zero-order chi connectivity index (χ0) is 12.3. The van der Waals surface area contributed by atoms with Crippen LogP contribution in [0.5, 0.6) is 0 Å². The molecule has 1 aliphatic rings. The number of aliphatic hydroxyl groups excluding tert-OH is 1. The summed E-state index contributed by atoms with van der Waals surface area (Å²) in [6.45, 7) is 16.4. The lowest BCUT2D eigenvalue weighted by atomic mass is 9.61. The maximum atomic E-state index is 9.65. The molecule has 3 atom stereocenters. The van der Waals surface area contributed by atoms with Crippen molar-refractivity contribution in [2.75, 3.05) is 6.61 Å². The van der Waals surface area contributed by atoms with Gasteiger partial charge in [-0.15, -0.1) is 6.58 Å². The van der Waals surface area contributed by atoms with Gasteiger partial charge < -0.3 is 5.11 Å². The Bertz CT molecular complexity index is 303. The average molecular weight is 220 g/mol. The molecule has 0 bridgehead atoms. The molecule has 0 spiro atoms. The van der Waals surface area contributed by atoms with Gasteiger partial charge in [0.25, 0.3) is 0 Å². The first kappa shape index (κ1) is 13.2. The normalized spacial score (nSPS) is 34.4. The second-order valence-electron chi connectivity index (χ2n) is 5.31. The summed E-state index contributed by atoms with van der Waals surface area (Å²) in [6.07, 6.45) is 5.08. The topological polar surface area (TPSA) is 20.2 Å². The molecule has 0 radical (unpaired) electrons. The van der Waals surface area contributed by atoms with Crippen molar-refractivity contribution in [2.24, 2.45) is 17.3 Å². The van der Waals surface area contributed by atoms with Crippen LogP contribution in [0.1, 0.15) is 33.1 Å². The van der Waals surface area contributed by atoms with E-state index in [1.165, 1.54) is 5.57 Å². The van der Waals surface area contributed by atoms with E-state index in [0.717, 1.165) is 24.8 Å². The third-order valence-electron chi connectivity index (χ3n) is 4.17. The predicted molar refractivity (Wildman–Crippen MR) is 70.2 cm³/mol. The van der Waals surface area contributed by atoms with Gasteiger partial charge in [0.15, 0.2) is 0 Å². The highest BCUT2D eigenvalue weighted by Crippen LogP contribution is 2.48. The third-order valence-corrected chi connectivity index (χ3v) is 4.17. The van der Waals surface area contributed by atoms with Crippen LogP contribution in [-0.2, 0) is 0 Å². The van der Waals surface area contributed by atoms with Crippen LogP contribution >= 0.6 is 0 Å². The Labute approximate surface area is 99.6 Å². The molecule has 1 aliphatic carbocycles. The summed E-state index contributed by atoms with van der Waals surface area (Å²) in [5.74, 6) is 0.909. The van der Waals surface area contributed by atoms with Gasteiger partial charge in [0.05, 0.1) is 6.61 Å².